The van der Waals surface area contributed by atoms with Crippen molar-refractivity contribution >= 4 is 0 Å². The lowest BCUT2D eigenvalue weighted by Gasteiger charge is -2.30. The Labute approximate surface area is 114 Å². The van der Waals surface area contributed by atoms with Gasteiger partial charge in [0.25, 0.3) is 0 Å². The molecule has 0 heterocycles. The van der Waals surface area contributed by atoms with Crippen molar-refractivity contribution in [1.82, 2.24) is 5.32 Å². The number of methoxy groups -OCH3 is 1. The maximum Gasteiger partial charge on any atom is 0.159 e. The number of halogens is 2. The van der Waals surface area contributed by atoms with Gasteiger partial charge in [0.2, 0.25) is 0 Å². The maximum absolute atomic E-state index is 13.4. The highest BCUT2D eigenvalue weighted by Gasteiger charge is 2.26. The summed E-state index contributed by atoms with van der Waals surface area (Å²) in [5.41, 5.74) is 0.716. The standard InChI is InChI=1S/C15H23F2NO/c1-5-8-18-14(15(19-4)10(2)3)11-6-7-12(16)13(17)9-11/h6-7,9-10,14-15,18H,5,8H2,1-4H3. The van der Waals surface area contributed by atoms with Crippen LogP contribution in [0, 0.1) is 17.6 Å². The van der Waals surface area contributed by atoms with Crippen molar-refractivity contribution in [2.45, 2.75) is 39.3 Å². The summed E-state index contributed by atoms with van der Waals surface area (Å²) in [6, 6.07) is 3.88. The predicted molar refractivity (Wildman–Crippen MR) is 73.0 cm³/mol. The Morgan fingerprint density at radius 1 is 1.21 bits per heavy atom. The first kappa shape index (κ1) is 16.1. The molecule has 0 radical (unpaired) electrons. The smallest absolute Gasteiger partial charge is 0.159 e. The van der Waals surface area contributed by atoms with Crippen LogP contribution in [0.2, 0.25) is 0 Å². The van der Waals surface area contributed by atoms with Gasteiger partial charge < -0.3 is 10.1 Å². The molecule has 19 heavy (non-hydrogen) atoms. The molecule has 2 unspecified atom stereocenters. The Morgan fingerprint density at radius 2 is 1.89 bits per heavy atom. The van der Waals surface area contributed by atoms with Gasteiger partial charge in [0.15, 0.2) is 11.6 Å². The van der Waals surface area contributed by atoms with E-state index in [1.54, 1.807) is 13.2 Å². The van der Waals surface area contributed by atoms with Crippen LogP contribution in [0.25, 0.3) is 0 Å². The number of hydrogen-bond acceptors (Lipinski definition) is 2. The first-order valence-corrected chi connectivity index (χ1v) is 6.72. The van der Waals surface area contributed by atoms with Gasteiger partial charge in [-0.05, 0) is 36.6 Å². The molecule has 1 N–H and O–H groups in total. The highest BCUT2D eigenvalue weighted by atomic mass is 19.2. The summed E-state index contributed by atoms with van der Waals surface area (Å²) >= 11 is 0. The largest absolute Gasteiger partial charge is 0.379 e. The van der Waals surface area contributed by atoms with Crippen LogP contribution < -0.4 is 5.32 Å². The Morgan fingerprint density at radius 3 is 2.37 bits per heavy atom. The fraction of sp³-hybridized carbons (Fsp3) is 0.600. The molecule has 4 heteroatoms. The number of ether oxygens (including phenoxy) is 1. The van der Waals surface area contributed by atoms with Gasteiger partial charge in [0.1, 0.15) is 0 Å². The van der Waals surface area contributed by atoms with Crippen molar-refractivity contribution < 1.29 is 13.5 Å². The van der Waals surface area contributed by atoms with Crippen molar-refractivity contribution in [3.63, 3.8) is 0 Å². The zero-order chi connectivity index (χ0) is 14.4. The van der Waals surface area contributed by atoms with E-state index in [4.69, 9.17) is 4.74 Å². The van der Waals surface area contributed by atoms with Gasteiger partial charge >= 0.3 is 0 Å². The molecule has 2 atom stereocenters. The fourth-order valence-electron chi connectivity index (χ4n) is 2.22. The Balaban J connectivity index is 3.03. The quantitative estimate of drug-likeness (QED) is 0.817. The van der Waals surface area contributed by atoms with Crippen molar-refractivity contribution in [1.29, 1.82) is 0 Å². The normalized spacial score (nSPS) is 14.7. The SMILES string of the molecule is CCCNC(c1ccc(F)c(F)c1)C(OC)C(C)C. The molecule has 0 amide bonds. The first-order chi connectivity index (χ1) is 9.01. The summed E-state index contributed by atoms with van der Waals surface area (Å²) in [4.78, 5) is 0. The van der Waals surface area contributed by atoms with E-state index < -0.39 is 11.6 Å². The molecule has 1 aromatic carbocycles. The summed E-state index contributed by atoms with van der Waals surface area (Å²) in [6.45, 7) is 6.96. The van der Waals surface area contributed by atoms with Crippen molar-refractivity contribution in [2.24, 2.45) is 5.92 Å². The van der Waals surface area contributed by atoms with Gasteiger partial charge in [-0.15, -0.1) is 0 Å². The summed E-state index contributed by atoms with van der Waals surface area (Å²) in [7, 11) is 1.64. The molecular weight excluding hydrogens is 248 g/mol. The number of rotatable bonds is 7. The van der Waals surface area contributed by atoms with E-state index in [-0.39, 0.29) is 18.1 Å². The third-order valence-corrected chi connectivity index (χ3v) is 3.17. The molecule has 0 saturated heterocycles. The summed E-state index contributed by atoms with van der Waals surface area (Å²) < 4.78 is 31.9. The van der Waals surface area contributed by atoms with E-state index in [9.17, 15) is 8.78 Å². The third kappa shape index (κ3) is 4.25. The molecule has 1 aromatic rings. The third-order valence-electron chi connectivity index (χ3n) is 3.17. The van der Waals surface area contributed by atoms with Gasteiger partial charge in [-0.25, -0.2) is 8.78 Å². The highest BCUT2D eigenvalue weighted by molar-refractivity contribution is 5.22. The lowest BCUT2D eigenvalue weighted by atomic mass is 9.93. The van der Waals surface area contributed by atoms with E-state index in [0.29, 0.717) is 5.56 Å². The van der Waals surface area contributed by atoms with E-state index in [0.717, 1.165) is 13.0 Å². The minimum absolute atomic E-state index is 0.0867. The van der Waals surface area contributed by atoms with Crippen LogP contribution >= 0.6 is 0 Å². The van der Waals surface area contributed by atoms with Gasteiger partial charge in [-0.1, -0.05) is 26.8 Å². The van der Waals surface area contributed by atoms with Gasteiger partial charge in [0, 0.05) is 7.11 Å². The lowest BCUT2D eigenvalue weighted by Crippen LogP contribution is -2.37. The zero-order valence-electron chi connectivity index (χ0n) is 12.0. The van der Waals surface area contributed by atoms with Crippen LogP contribution in [0.15, 0.2) is 18.2 Å². The second kappa shape index (κ2) is 7.56. The molecule has 0 aromatic heterocycles. The summed E-state index contributed by atoms with van der Waals surface area (Å²) in [5.74, 6) is -1.37. The molecule has 1 rings (SSSR count). The van der Waals surface area contributed by atoms with E-state index in [1.807, 2.05) is 0 Å². The van der Waals surface area contributed by atoms with Gasteiger partial charge in [-0.2, -0.15) is 0 Å². The Kier molecular flexibility index (Phi) is 6.38. The van der Waals surface area contributed by atoms with Crippen LogP contribution in [-0.2, 0) is 4.74 Å². The number of hydrogen-bond donors (Lipinski definition) is 1. The predicted octanol–water partition coefficient (Wildman–Crippen LogP) is 3.68. The summed E-state index contributed by atoms with van der Waals surface area (Å²) in [6.07, 6.45) is 0.880. The van der Waals surface area contributed by atoms with Crippen molar-refractivity contribution in [3.8, 4) is 0 Å². The molecule has 0 aliphatic carbocycles. The molecule has 2 nitrogen and oxygen atoms in total. The highest BCUT2D eigenvalue weighted by Crippen LogP contribution is 2.25. The van der Waals surface area contributed by atoms with E-state index in [2.05, 4.69) is 26.1 Å². The van der Waals surface area contributed by atoms with Gasteiger partial charge in [0.05, 0.1) is 12.1 Å². The van der Waals surface area contributed by atoms with Crippen LogP contribution in [0.3, 0.4) is 0 Å². The van der Waals surface area contributed by atoms with Crippen LogP contribution in [0.1, 0.15) is 38.8 Å². The van der Waals surface area contributed by atoms with Gasteiger partial charge in [-0.3, -0.25) is 0 Å². The zero-order valence-corrected chi connectivity index (χ0v) is 12.0. The molecule has 0 aliphatic rings. The number of nitrogens with one attached hydrogen (secondary N) is 1. The second-order valence-corrected chi connectivity index (χ2v) is 5.05. The van der Waals surface area contributed by atoms with Crippen LogP contribution in [-0.4, -0.2) is 19.8 Å². The van der Waals surface area contributed by atoms with Crippen LogP contribution in [0.5, 0.6) is 0 Å². The van der Waals surface area contributed by atoms with E-state index in [1.165, 1.54) is 12.1 Å². The van der Waals surface area contributed by atoms with E-state index >= 15 is 0 Å². The van der Waals surface area contributed by atoms with Crippen molar-refractivity contribution in [2.75, 3.05) is 13.7 Å². The lowest BCUT2D eigenvalue weighted by molar-refractivity contribution is 0.0325. The molecule has 0 saturated carbocycles. The average Bonchev–Trinajstić information content (AvgIpc) is 2.37. The minimum Gasteiger partial charge on any atom is -0.379 e. The molecular formula is C15H23F2NO. The average molecular weight is 271 g/mol. The molecule has 0 bridgehead atoms. The first-order valence-electron chi connectivity index (χ1n) is 6.72. The molecule has 0 fully saturated rings. The Hall–Kier alpha value is -1.00. The molecule has 0 aliphatic heterocycles. The van der Waals surface area contributed by atoms with Crippen LogP contribution in [0.4, 0.5) is 8.78 Å². The monoisotopic (exact) mass is 271 g/mol. The number of benzene rings is 1. The second-order valence-electron chi connectivity index (χ2n) is 5.05. The topological polar surface area (TPSA) is 21.3 Å². The Bertz CT molecular complexity index is 396. The fourth-order valence-corrected chi connectivity index (χ4v) is 2.22. The van der Waals surface area contributed by atoms with Crippen molar-refractivity contribution in [3.05, 3.63) is 35.4 Å². The minimum atomic E-state index is -0.823. The maximum atomic E-state index is 13.4. The summed E-state index contributed by atoms with van der Waals surface area (Å²) in [5, 5.41) is 3.35. The molecule has 0 spiro atoms. The molecule has 108 valence electrons.